The maximum atomic E-state index is 6.00. The molecule has 2 rings (SSSR count). The Balaban J connectivity index is 2.00. The van der Waals surface area contributed by atoms with Gasteiger partial charge in [0.05, 0.1) is 0 Å². The van der Waals surface area contributed by atoms with Gasteiger partial charge in [-0.25, -0.2) is 0 Å². The van der Waals surface area contributed by atoms with Crippen LogP contribution in [-0.2, 0) is 0 Å². The SMILES string of the molecule is CCC1CCCCC1N(C)C1CCCCC1CN. The van der Waals surface area contributed by atoms with Crippen molar-refractivity contribution in [2.75, 3.05) is 13.6 Å². The highest BCUT2D eigenvalue weighted by Crippen LogP contribution is 2.35. The Kier molecular flexibility index (Phi) is 5.50. The van der Waals surface area contributed by atoms with E-state index >= 15 is 0 Å². The van der Waals surface area contributed by atoms with Crippen molar-refractivity contribution in [3.8, 4) is 0 Å². The molecule has 0 bridgehead atoms. The molecule has 2 heteroatoms. The molecule has 18 heavy (non-hydrogen) atoms. The second-order valence-corrected chi connectivity index (χ2v) is 6.53. The predicted octanol–water partition coefficient (Wildman–Crippen LogP) is 3.40. The summed E-state index contributed by atoms with van der Waals surface area (Å²) in [6.07, 6.45) is 12.7. The van der Waals surface area contributed by atoms with Crippen molar-refractivity contribution in [1.82, 2.24) is 4.90 Å². The first-order valence-corrected chi connectivity index (χ1v) is 8.20. The molecular formula is C16H32N2. The van der Waals surface area contributed by atoms with Crippen molar-refractivity contribution in [2.24, 2.45) is 17.6 Å². The highest BCUT2D eigenvalue weighted by atomic mass is 15.2. The van der Waals surface area contributed by atoms with Gasteiger partial charge in [-0.2, -0.15) is 0 Å². The predicted molar refractivity (Wildman–Crippen MR) is 78.6 cm³/mol. The molecule has 2 nitrogen and oxygen atoms in total. The Labute approximate surface area is 113 Å². The van der Waals surface area contributed by atoms with E-state index in [1.54, 1.807) is 0 Å². The van der Waals surface area contributed by atoms with Crippen LogP contribution < -0.4 is 5.73 Å². The van der Waals surface area contributed by atoms with Crippen LogP contribution >= 0.6 is 0 Å². The van der Waals surface area contributed by atoms with Crippen molar-refractivity contribution in [1.29, 1.82) is 0 Å². The monoisotopic (exact) mass is 252 g/mol. The molecule has 0 radical (unpaired) electrons. The molecule has 2 aliphatic carbocycles. The van der Waals surface area contributed by atoms with E-state index in [9.17, 15) is 0 Å². The minimum absolute atomic E-state index is 0.753. The number of nitrogens with two attached hydrogens (primary N) is 1. The Hall–Kier alpha value is -0.0800. The lowest BCUT2D eigenvalue weighted by Gasteiger charge is -2.46. The smallest absolute Gasteiger partial charge is 0.0136 e. The number of hydrogen-bond donors (Lipinski definition) is 1. The molecule has 106 valence electrons. The van der Waals surface area contributed by atoms with Gasteiger partial charge in [-0.15, -0.1) is 0 Å². The third-order valence-electron chi connectivity index (χ3n) is 5.61. The Morgan fingerprint density at radius 3 is 1.94 bits per heavy atom. The zero-order valence-electron chi connectivity index (χ0n) is 12.4. The molecule has 0 saturated heterocycles. The average Bonchev–Trinajstić information content (AvgIpc) is 2.46. The summed E-state index contributed by atoms with van der Waals surface area (Å²) < 4.78 is 0. The molecular weight excluding hydrogens is 220 g/mol. The Morgan fingerprint density at radius 2 is 1.39 bits per heavy atom. The quantitative estimate of drug-likeness (QED) is 0.831. The molecule has 0 aromatic carbocycles. The number of hydrogen-bond acceptors (Lipinski definition) is 2. The maximum absolute atomic E-state index is 6.00. The normalized spacial score (nSPS) is 38.0. The first-order chi connectivity index (χ1) is 8.77. The van der Waals surface area contributed by atoms with Crippen LogP contribution in [0.5, 0.6) is 0 Å². The molecule has 0 aromatic heterocycles. The summed E-state index contributed by atoms with van der Waals surface area (Å²) in [5, 5.41) is 0. The van der Waals surface area contributed by atoms with Crippen LogP contribution in [0.3, 0.4) is 0 Å². The van der Waals surface area contributed by atoms with Crippen molar-refractivity contribution in [3.63, 3.8) is 0 Å². The fraction of sp³-hybridized carbons (Fsp3) is 1.00. The van der Waals surface area contributed by atoms with E-state index in [1.807, 2.05) is 0 Å². The summed E-state index contributed by atoms with van der Waals surface area (Å²) in [7, 11) is 2.39. The molecule has 0 aromatic rings. The van der Waals surface area contributed by atoms with Gasteiger partial charge in [-0.1, -0.05) is 39.0 Å². The van der Waals surface area contributed by atoms with Crippen molar-refractivity contribution in [3.05, 3.63) is 0 Å². The van der Waals surface area contributed by atoms with Crippen molar-refractivity contribution in [2.45, 2.75) is 76.8 Å². The molecule has 0 aliphatic heterocycles. The lowest BCUT2D eigenvalue weighted by molar-refractivity contribution is 0.0421. The highest BCUT2D eigenvalue weighted by molar-refractivity contribution is 4.89. The van der Waals surface area contributed by atoms with Crippen molar-refractivity contribution < 1.29 is 0 Å². The largest absolute Gasteiger partial charge is 0.330 e. The molecule has 0 spiro atoms. The van der Waals surface area contributed by atoms with Gasteiger partial charge in [-0.05, 0) is 51.1 Å². The van der Waals surface area contributed by atoms with Gasteiger partial charge in [-0.3, -0.25) is 4.90 Å². The Morgan fingerprint density at radius 1 is 0.889 bits per heavy atom. The van der Waals surface area contributed by atoms with Crippen LogP contribution in [0.4, 0.5) is 0 Å². The van der Waals surface area contributed by atoms with E-state index in [0.29, 0.717) is 0 Å². The first kappa shape index (κ1) is 14.3. The maximum Gasteiger partial charge on any atom is 0.0136 e. The highest BCUT2D eigenvalue weighted by Gasteiger charge is 2.34. The van der Waals surface area contributed by atoms with Gasteiger partial charge in [0.25, 0.3) is 0 Å². The summed E-state index contributed by atoms with van der Waals surface area (Å²) in [6, 6.07) is 1.60. The summed E-state index contributed by atoms with van der Waals surface area (Å²) in [4.78, 5) is 2.74. The van der Waals surface area contributed by atoms with Crippen molar-refractivity contribution >= 4 is 0 Å². The van der Waals surface area contributed by atoms with Gasteiger partial charge in [0, 0.05) is 12.1 Å². The van der Waals surface area contributed by atoms with Crippen LogP contribution in [-0.4, -0.2) is 30.6 Å². The molecule has 2 fully saturated rings. The van der Waals surface area contributed by atoms with Gasteiger partial charge in [0.15, 0.2) is 0 Å². The molecule has 2 N–H and O–H groups in total. The minimum atomic E-state index is 0.753. The molecule has 2 saturated carbocycles. The van der Waals surface area contributed by atoms with Crippen LogP contribution in [0.15, 0.2) is 0 Å². The number of rotatable bonds is 4. The van der Waals surface area contributed by atoms with E-state index in [2.05, 4.69) is 18.9 Å². The van der Waals surface area contributed by atoms with Gasteiger partial charge < -0.3 is 5.73 Å². The molecule has 0 heterocycles. The molecule has 0 amide bonds. The van der Waals surface area contributed by atoms with Crippen LogP contribution in [0.25, 0.3) is 0 Å². The summed E-state index contributed by atoms with van der Waals surface area (Å²) in [6.45, 7) is 3.26. The third-order valence-corrected chi connectivity index (χ3v) is 5.61. The Bertz CT molecular complexity index is 217. The van der Waals surface area contributed by atoms with Gasteiger partial charge >= 0.3 is 0 Å². The molecule has 2 aliphatic rings. The van der Waals surface area contributed by atoms with Crippen LogP contribution in [0.2, 0.25) is 0 Å². The second kappa shape index (κ2) is 6.91. The van der Waals surface area contributed by atoms with E-state index in [-0.39, 0.29) is 0 Å². The van der Waals surface area contributed by atoms with Gasteiger partial charge in [0.2, 0.25) is 0 Å². The van der Waals surface area contributed by atoms with Crippen LogP contribution in [0, 0.1) is 11.8 Å². The molecule has 4 atom stereocenters. The third kappa shape index (κ3) is 3.08. The zero-order chi connectivity index (χ0) is 13.0. The first-order valence-electron chi connectivity index (χ1n) is 8.20. The average molecular weight is 252 g/mol. The van der Waals surface area contributed by atoms with E-state index < -0.39 is 0 Å². The zero-order valence-corrected chi connectivity index (χ0v) is 12.4. The van der Waals surface area contributed by atoms with E-state index in [1.165, 1.54) is 57.8 Å². The van der Waals surface area contributed by atoms with E-state index in [4.69, 9.17) is 5.73 Å². The minimum Gasteiger partial charge on any atom is -0.330 e. The topological polar surface area (TPSA) is 29.3 Å². The number of nitrogens with zero attached hydrogens (tertiary/aromatic N) is 1. The summed E-state index contributed by atoms with van der Waals surface area (Å²) in [5.41, 5.74) is 6.00. The summed E-state index contributed by atoms with van der Waals surface area (Å²) in [5.74, 6) is 1.69. The lowest BCUT2D eigenvalue weighted by atomic mass is 9.78. The van der Waals surface area contributed by atoms with Gasteiger partial charge in [0.1, 0.15) is 0 Å². The standard InChI is InChI=1S/C16H32N2/c1-3-13-8-4-6-10-15(13)18(2)16-11-7-5-9-14(16)12-17/h13-16H,3-12,17H2,1-2H3. The lowest BCUT2D eigenvalue weighted by Crippen LogP contribution is -2.50. The van der Waals surface area contributed by atoms with E-state index in [0.717, 1.165) is 30.5 Å². The molecule has 4 unspecified atom stereocenters. The second-order valence-electron chi connectivity index (χ2n) is 6.53. The fourth-order valence-corrected chi connectivity index (χ4v) is 4.45. The summed E-state index contributed by atoms with van der Waals surface area (Å²) >= 11 is 0. The fourth-order valence-electron chi connectivity index (χ4n) is 4.45. The van der Waals surface area contributed by atoms with Crippen LogP contribution in [0.1, 0.15) is 64.7 Å².